The molecule has 6 unspecified atom stereocenters. The van der Waals surface area contributed by atoms with E-state index in [1.165, 1.54) is 98.4 Å². The maximum atomic E-state index is 2.63. The summed E-state index contributed by atoms with van der Waals surface area (Å²) in [6, 6.07) is 49.4. The molecule has 2 bridgehead atoms. The second kappa shape index (κ2) is 10.7. The molecule has 6 aromatic carbocycles. The Hall–Kier alpha value is -4.27. The van der Waals surface area contributed by atoms with E-state index in [1.54, 1.807) is 11.1 Å². The Balaban J connectivity index is 0.964. The first-order chi connectivity index (χ1) is 26.2. The van der Waals surface area contributed by atoms with Gasteiger partial charge in [0.1, 0.15) is 0 Å². The highest BCUT2D eigenvalue weighted by atomic mass is 32.2. The molecule has 0 aromatic heterocycles. The first kappa shape index (κ1) is 32.0. The van der Waals surface area contributed by atoms with Crippen LogP contribution >= 0.6 is 11.8 Å². The number of hydrogen-bond acceptors (Lipinski definition) is 2. The van der Waals surface area contributed by atoms with Crippen molar-refractivity contribution < 1.29 is 0 Å². The minimum Gasteiger partial charge on any atom is -0.310 e. The summed E-state index contributed by atoms with van der Waals surface area (Å²) in [5.41, 5.74) is 13.7. The molecule has 6 aromatic rings. The van der Waals surface area contributed by atoms with Crippen LogP contribution in [0.15, 0.2) is 137 Å². The summed E-state index contributed by atoms with van der Waals surface area (Å²) < 4.78 is 0. The normalized spacial score (nSPS) is 29.8. The summed E-state index contributed by atoms with van der Waals surface area (Å²) in [5, 5.41) is 2.54. The van der Waals surface area contributed by atoms with Crippen molar-refractivity contribution in [1.29, 1.82) is 0 Å². The third kappa shape index (κ3) is 4.03. The van der Waals surface area contributed by atoms with Crippen LogP contribution < -0.4 is 4.90 Å². The molecule has 54 heavy (non-hydrogen) atoms. The highest BCUT2D eigenvalue weighted by Gasteiger charge is 2.84. The van der Waals surface area contributed by atoms with Crippen LogP contribution in [0.1, 0.15) is 88.5 Å². The predicted octanol–water partition coefficient (Wildman–Crippen LogP) is 14.1. The fraction of sp³-hybridized carbons (Fsp3) is 0.346. The van der Waals surface area contributed by atoms with Gasteiger partial charge in [-0.25, -0.2) is 0 Å². The number of nitrogens with zero attached hydrogens (tertiary/aromatic N) is 1. The van der Waals surface area contributed by atoms with Gasteiger partial charge in [0, 0.05) is 32.3 Å². The zero-order chi connectivity index (χ0) is 36.2. The molecule has 4 saturated carbocycles. The SMILES string of the molecule is CC1(C)CCC(C)(C)c2cc(N(c3ccc(-c4ccc5c(c4)C4(c6ccccc6S5)C5CC6CC7CC4C75C6)cc3)c3ccc4ccccc4c3)ccc21. The molecule has 1 heterocycles. The third-order valence-corrected chi connectivity index (χ3v) is 17.2. The van der Waals surface area contributed by atoms with Crippen molar-refractivity contribution in [3.8, 4) is 11.1 Å². The van der Waals surface area contributed by atoms with Gasteiger partial charge < -0.3 is 4.90 Å². The Morgan fingerprint density at radius 3 is 2.02 bits per heavy atom. The van der Waals surface area contributed by atoms with E-state index in [-0.39, 0.29) is 16.2 Å². The molecule has 0 N–H and O–H groups in total. The van der Waals surface area contributed by atoms with E-state index in [9.17, 15) is 0 Å². The minimum absolute atomic E-state index is 0.140. The fourth-order valence-electron chi connectivity index (χ4n) is 13.5. The number of hydrogen-bond donors (Lipinski definition) is 0. The Morgan fingerprint density at radius 1 is 0.519 bits per heavy atom. The summed E-state index contributed by atoms with van der Waals surface area (Å²) in [7, 11) is 0. The van der Waals surface area contributed by atoms with E-state index in [4.69, 9.17) is 0 Å². The third-order valence-electron chi connectivity index (χ3n) is 16.0. The van der Waals surface area contributed by atoms with E-state index in [0.29, 0.717) is 5.41 Å². The number of benzene rings is 6. The molecule has 1 nitrogen and oxygen atoms in total. The van der Waals surface area contributed by atoms with Gasteiger partial charge in [0.25, 0.3) is 0 Å². The second-order valence-electron chi connectivity index (χ2n) is 19.3. The molecule has 0 amide bonds. The summed E-state index contributed by atoms with van der Waals surface area (Å²) in [6.45, 7) is 9.71. The average molecular weight is 720 g/mol. The van der Waals surface area contributed by atoms with Crippen molar-refractivity contribution in [2.45, 2.75) is 92.3 Å². The maximum Gasteiger partial charge on any atom is 0.0468 e. The molecular formula is C52H49NS. The van der Waals surface area contributed by atoms with E-state index in [1.807, 2.05) is 11.8 Å². The molecule has 6 aliphatic rings. The summed E-state index contributed by atoms with van der Waals surface area (Å²) in [6.07, 6.45) is 8.32. The van der Waals surface area contributed by atoms with Gasteiger partial charge in [-0.1, -0.05) is 112 Å². The van der Waals surface area contributed by atoms with Crippen LogP contribution in [0.2, 0.25) is 0 Å². The molecule has 2 spiro atoms. The monoisotopic (exact) mass is 719 g/mol. The Labute approximate surface area is 325 Å². The molecule has 6 atom stereocenters. The second-order valence-corrected chi connectivity index (χ2v) is 20.4. The van der Waals surface area contributed by atoms with Crippen LogP contribution in [-0.2, 0) is 16.2 Å². The first-order valence-electron chi connectivity index (χ1n) is 20.6. The van der Waals surface area contributed by atoms with Crippen LogP contribution in [0.25, 0.3) is 21.9 Å². The molecule has 4 fully saturated rings. The van der Waals surface area contributed by atoms with Crippen molar-refractivity contribution in [1.82, 2.24) is 0 Å². The molecule has 5 aliphatic carbocycles. The van der Waals surface area contributed by atoms with Gasteiger partial charge in [0.2, 0.25) is 0 Å². The van der Waals surface area contributed by atoms with Gasteiger partial charge in [0.05, 0.1) is 0 Å². The van der Waals surface area contributed by atoms with E-state index < -0.39 is 0 Å². The Morgan fingerprint density at radius 2 is 1.19 bits per heavy atom. The molecule has 0 radical (unpaired) electrons. The van der Waals surface area contributed by atoms with Gasteiger partial charge in [-0.05, 0) is 177 Å². The molecule has 268 valence electrons. The number of anilines is 3. The van der Waals surface area contributed by atoms with Crippen molar-refractivity contribution in [3.63, 3.8) is 0 Å². The van der Waals surface area contributed by atoms with Gasteiger partial charge in [-0.3, -0.25) is 0 Å². The molecule has 12 rings (SSSR count). The van der Waals surface area contributed by atoms with Crippen LogP contribution in [-0.4, -0.2) is 0 Å². The zero-order valence-electron chi connectivity index (χ0n) is 32.0. The van der Waals surface area contributed by atoms with Gasteiger partial charge in [-0.15, -0.1) is 0 Å². The zero-order valence-corrected chi connectivity index (χ0v) is 32.8. The van der Waals surface area contributed by atoms with Crippen LogP contribution in [0.4, 0.5) is 17.1 Å². The lowest BCUT2D eigenvalue weighted by atomic mass is 9.26. The first-order valence-corrected chi connectivity index (χ1v) is 21.4. The van der Waals surface area contributed by atoms with E-state index in [2.05, 4.69) is 160 Å². The van der Waals surface area contributed by atoms with Crippen LogP contribution in [0.5, 0.6) is 0 Å². The standard InChI is InChI=1S/C52H49NS/c1-49(2)23-24-50(3,4)43-30-40(20-21-41(43)49)53(39-19-15-33-9-5-6-10-35(33)27-39)38-17-13-34(14-18-38)36-16-22-46-44(28-36)52(42-11-7-8-12-45(42)54-46)47-26-32-25-37-29-48(52)51(37,47)31-32/h5-22,27-28,30,32,37,47-48H,23-26,29,31H2,1-4H3. The Kier molecular flexibility index (Phi) is 6.36. The highest BCUT2D eigenvalue weighted by Crippen LogP contribution is 2.89. The van der Waals surface area contributed by atoms with E-state index >= 15 is 0 Å². The maximum absolute atomic E-state index is 2.63. The summed E-state index contributed by atoms with van der Waals surface area (Å²) in [5.74, 6) is 3.58. The van der Waals surface area contributed by atoms with Gasteiger partial charge in [0.15, 0.2) is 0 Å². The van der Waals surface area contributed by atoms with E-state index in [0.717, 1.165) is 23.7 Å². The van der Waals surface area contributed by atoms with Crippen molar-refractivity contribution in [3.05, 3.63) is 150 Å². The molecule has 0 saturated heterocycles. The van der Waals surface area contributed by atoms with Gasteiger partial charge >= 0.3 is 0 Å². The molecule has 2 heteroatoms. The minimum atomic E-state index is 0.140. The summed E-state index contributed by atoms with van der Waals surface area (Å²) in [4.78, 5) is 5.49. The molecular weight excluding hydrogens is 671 g/mol. The number of rotatable bonds is 4. The topological polar surface area (TPSA) is 3.24 Å². The Bertz CT molecular complexity index is 2540. The smallest absolute Gasteiger partial charge is 0.0468 e. The quantitative estimate of drug-likeness (QED) is 0.178. The average Bonchev–Trinajstić information content (AvgIpc) is 3.72. The largest absolute Gasteiger partial charge is 0.310 e. The lowest BCUT2D eigenvalue weighted by molar-refractivity contribution is -0.235. The van der Waals surface area contributed by atoms with Crippen LogP contribution in [0, 0.1) is 29.1 Å². The van der Waals surface area contributed by atoms with Crippen molar-refractivity contribution >= 4 is 39.6 Å². The van der Waals surface area contributed by atoms with Gasteiger partial charge in [-0.2, -0.15) is 0 Å². The summed E-state index contributed by atoms with van der Waals surface area (Å²) >= 11 is 2.01. The highest BCUT2D eigenvalue weighted by molar-refractivity contribution is 7.99. The van der Waals surface area contributed by atoms with Crippen molar-refractivity contribution in [2.75, 3.05) is 4.90 Å². The van der Waals surface area contributed by atoms with Crippen molar-refractivity contribution in [2.24, 2.45) is 29.1 Å². The lowest BCUT2D eigenvalue weighted by Gasteiger charge is -2.78. The van der Waals surface area contributed by atoms with Crippen LogP contribution in [0.3, 0.4) is 0 Å². The fourth-order valence-corrected chi connectivity index (χ4v) is 14.7. The molecule has 1 aliphatic heterocycles. The number of fused-ring (bicyclic) bond motifs is 9. The lowest BCUT2D eigenvalue weighted by Crippen LogP contribution is -2.74. The predicted molar refractivity (Wildman–Crippen MR) is 226 cm³/mol.